The summed E-state index contributed by atoms with van der Waals surface area (Å²) in [6.07, 6.45) is 2.08. The Balaban J connectivity index is 2.81. The molecule has 0 fully saturated rings. The van der Waals surface area contributed by atoms with E-state index in [2.05, 4.69) is 4.74 Å². The Morgan fingerprint density at radius 1 is 1.41 bits per heavy atom. The second kappa shape index (κ2) is 6.03. The van der Waals surface area contributed by atoms with E-state index in [0.717, 1.165) is 4.57 Å². The van der Waals surface area contributed by atoms with Crippen molar-refractivity contribution < 1.29 is 9.53 Å². The lowest BCUT2D eigenvalue weighted by Crippen LogP contribution is -2.38. The average molecular weight is 240 g/mol. The first kappa shape index (κ1) is 13.2. The minimum Gasteiger partial charge on any atom is -0.469 e. The molecule has 0 aliphatic heterocycles. The standard InChI is InChI=1S/C11H16N2O4/c1-3-12-8-6-9(14)13(11(12)16)7-4-5-10(15)17-2/h6,8H,3-5,7H2,1-2H3. The number of aromatic nitrogens is 2. The van der Waals surface area contributed by atoms with Crippen LogP contribution in [-0.4, -0.2) is 22.2 Å². The van der Waals surface area contributed by atoms with Crippen molar-refractivity contribution in [1.82, 2.24) is 9.13 Å². The lowest BCUT2D eigenvalue weighted by molar-refractivity contribution is -0.140. The van der Waals surface area contributed by atoms with Crippen LogP contribution < -0.4 is 11.2 Å². The maximum Gasteiger partial charge on any atom is 0.330 e. The maximum absolute atomic E-state index is 11.8. The Kier molecular flexibility index (Phi) is 4.68. The highest BCUT2D eigenvalue weighted by atomic mass is 16.5. The number of carbonyl (C=O) groups is 1. The fourth-order valence-corrected chi connectivity index (χ4v) is 1.49. The third-order valence-electron chi connectivity index (χ3n) is 2.47. The summed E-state index contributed by atoms with van der Waals surface area (Å²) in [6.45, 7) is 2.56. The molecule has 0 unspecified atom stereocenters. The van der Waals surface area contributed by atoms with Crippen LogP contribution in [0.3, 0.4) is 0 Å². The fraction of sp³-hybridized carbons (Fsp3) is 0.545. The molecule has 0 saturated heterocycles. The summed E-state index contributed by atoms with van der Waals surface area (Å²) >= 11 is 0. The van der Waals surface area contributed by atoms with Gasteiger partial charge in [-0.3, -0.25) is 14.2 Å². The first-order chi connectivity index (χ1) is 8.10. The van der Waals surface area contributed by atoms with Gasteiger partial charge in [0.15, 0.2) is 0 Å². The fourth-order valence-electron chi connectivity index (χ4n) is 1.49. The zero-order valence-corrected chi connectivity index (χ0v) is 10.0. The smallest absolute Gasteiger partial charge is 0.330 e. The normalized spacial score (nSPS) is 10.2. The topological polar surface area (TPSA) is 70.3 Å². The van der Waals surface area contributed by atoms with Gasteiger partial charge in [-0.2, -0.15) is 0 Å². The number of rotatable bonds is 5. The molecule has 0 radical (unpaired) electrons. The minimum atomic E-state index is -0.343. The number of ether oxygens (including phenoxy) is 1. The second-order valence-corrected chi connectivity index (χ2v) is 3.55. The van der Waals surface area contributed by atoms with E-state index >= 15 is 0 Å². The molecular weight excluding hydrogens is 224 g/mol. The van der Waals surface area contributed by atoms with Gasteiger partial charge in [-0.1, -0.05) is 0 Å². The van der Waals surface area contributed by atoms with Gasteiger partial charge in [0.2, 0.25) is 0 Å². The molecule has 1 aromatic rings. The van der Waals surface area contributed by atoms with E-state index in [1.54, 1.807) is 0 Å². The highest BCUT2D eigenvalue weighted by molar-refractivity contribution is 5.68. The molecule has 0 aromatic carbocycles. The second-order valence-electron chi connectivity index (χ2n) is 3.55. The van der Waals surface area contributed by atoms with Crippen LogP contribution in [0, 0.1) is 0 Å². The third kappa shape index (κ3) is 3.30. The highest BCUT2D eigenvalue weighted by Gasteiger charge is 2.05. The predicted molar refractivity (Wildman–Crippen MR) is 61.9 cm³/mol. The first-order valence-electron chi connectivity index (χ1n) is 5.47. The molecule has 0 atom stereocenters. The molecular formula is C11H16N2O4. The quantitative estimate of drug-likeness (QED) is 0.678. The maximum atomic E-state index is 11.8. The zero-order valence-electron chi connectivity index (χ0n) is 10.0. The van der Waals surface area contributed by atoms with Crippen LogP contribution in [0.25, 0.3) is 0 Å². The van der Waals surface area contributed by atoms with Crippen LogP contribution in [0.2, 0.25) is 0 Å². The highest BCUT2D eigenvalue weighted by Crippen LogP contribution is 1.93. The van der Waals surface area contributed by atoms with Gasteiger partial charge in [0.25, 0.3) is 5.56 Å². The molecule has 0 aliphatic carbocycles. The molecule has 1 heterocycles. The molecule has 6 nitrogen and oxygen atoms in total. The van der Waals surface area contributed by atoms with Gasteiger partial charge in [0.05, 0.1) is 7.11 Å². The Hall–Kier alpha value is -1.85. The van der Waals surface area contributed by atoms with E-state index in [0.29, 0.717) is 13.0 Å². The largest absolute Gasteiger partial charge is 0.469 e. The Labute approximate surface area is 98.4 Å². The van der Waals surface area contributed by atoms with Crippen LogP contribution in [-0.2, 0) is 22.6 Å². The Morgan fingerprint density at radius 2 is 2.12 bits per heavy atom. The molecule has 94 valence electrons. The summed E-state index contributed by atoms with van der Waals surface area (Å²) < 4.78 is 7.06. The van der Waals surface area contributed by atoms with E-state index in [9.17, 15) is 14.4 Å². The molecule has 0 bridgehead atoms. The molecule has 0 spiro atoms. The van der Waals surface area contributed by atoms with Crippen molar-refractivity contribution in [3.8, 4) is 0 Å². The lowest BCUT2D eigenvalue weighted by atomic mass is 10.3. The number of hydrogen-bond acceptors (Lipinski definition) is 4. The van der Waals surface area contributed by atoms with Crippen LogP contribution in [0.4, 0.5) is 0 Å². The average Bonchev–Trinajstić information content (AvgIpc) is 2.33. The molecule has 0 amide bonds. The minimum absolute atomic E-state index is 0.198. The third-order valence-corrected chi connectivity index (χ3v) is 2.47. The van der Waals surface area contributed by atoms with Crippen molar-refractivity contribution in [1.29, 1.82) is 0 Å². The van der Waals surface area contributed by atoms with Crippen LogP contribution in [0.15, 0.2) is 21.9 Å². The van der Waals surface area contributed by atoms with Crippen LogP contribution in [0.5, 0.6) is 0 Å². The van der Waals surface area contributed by atoms with Crippen molar-refractivity contribution in [3.05, 3.63) is 33.1 Å². The van der Waals surface area contributed by atoms with Gasteiger partial charge in [-0.05, 0) is 13.3 Å². The lowest BCUT2D eigenvalue weighted by Gasteiger charge is -2.07. The first-order valence-corrected chi connectivity index (χ1v) is 5.47. The van der Waals surface area contributed by atoms with Gasteiger partial charge in [-0.15, -0.1) is 0 Å². The number of nitrogens with zero attached hydrogens (tertiary/aromatic N) is 2. The molecule has 6 heteroatoms. The van der Waals surface area contributed by atoms with Crippen molar-refractivity contribution in [2.75, 3.05) is 7.11 Å². The number of hydrogen-bond donors (Lipinski definition) is 0. The van der Waals surface area contributed by atoms with Gasteiger partial charge in [0, 0.05) is 31.8 Å². The molecule has 0 saturated carbocycles. The Bertz CT molecular complexity index is 501. The summed E-state index contributed by atoms with van der Waals surface area (Å²) in [5.41, 5.74) is -0.686. The van der Waals surface area contributed by atoms with E-state index in [-0.39, 0.29) is 30.2 Å². The molecule has 1 aromatic heterocycles. The van der Waals surface area contributed by atoms with E-state index in [1.165, 1.54) is 23.9 Å². The summed E-state index contributed by atoms with van der Waals surface area (Å²) in [5.74, 6) is -0.343. The van der Waals surface area contributed by atoms with Gasteiger partial charge in [-0.25, -0.2) is 4.79 Å². The number of aryl methyl sites for hydroxylation is 1. The summed E-state index contributed by atoms with van der Waals surface area (Å²) in [6, 6.07) is 1.35. The predicted octanol–water partition coefficient (Wildman–Crippen LogP) is -0.0169. The molecule has 1 rings (SSSR count). The summed E-state index contributed by atoms with van der Waals surface area (Å²) in [7, 11) is 1.31. The summed E-state index contributed by atoms with van der Waals surface area (Å²) in [5, 5.41) is 0. The molecule has 0 aliphatic rings. The van der Waals surface area contributed by atoms with Crippen molar-refractivity contribution in [3.63, 3.8) is 0 Å². The number of methoxy groups -OCH3 is 1. The van der Waals surface area contributed by atoms with E-state index in [4.69, 9.17) is 0 Å². The van der Waals surface area contributed by atoms with Gasteiger partial charge in [0.1, 0.15) is 0 Å². The molecule has 0 N–H and O–H groups in total. The van der Waals surface area contributed by atoms with Crippen molar-refractivity contribution in [2.24, 2.45) is 0 Å². The zero-order chi connectivity index (χ0) is 12.8. The Morgan fingerprint density at radius 3 is 2.71 bits per heavy atom. The number of carbonyl (C=O) groups excluding carboxylic acids is 1. The van der Waals surface area contributed by atoms with E-state index < -0.39 is 0 Å². The van der Waals surface area contributed by atoms with E-state index in [1.807, 2.05) is 6.92 Å². The number of esters is 1. The summed E-state index contributed by atoms with van der Waals surface area (Å²) in [4.78, 5) is 34.2. The SMILES string of the molecule is CCn1ccc(=O)n(CCCC(=O)OC)c1=O. The van der Waals surface area contributed by atoms with Crippen molar-refractivity contribution in [2.45, 2.75) is 32.9 Å². The molecule has 17 heavy (non-hydrogen) atoms. The van der Waals surface area contributed by atoms with Crippen molar-refractivity contribution >= 4 is 5.97 Å². The monoisotopic (exact) mass is 240 g/mol. The van der Waals surface area contributed by atoms with Gasteiger partial charge < -0.3 is 9.30 Å². The van der Waals surface area contributed by atoms with Crippen LogP contribution >= 0.6 is 0 Å². The van der Waals surface area contributed by atoms with Crippen LogP contribution in [0.1, 0.15) is 19.8 Å². The van der Waals surface area contributed by atoms with Gasteiger partial charge >= 0.3 is 11.7 Å².